The maximum absolute atomic E-state index is 12.6. The van der Waals surface area contributed by atoms with Gasteiger partial charge in [0, 0.05) is 12.0 Å². The molecule has 0 fully saturated rings. The Labute approximate surface area is 107 Å². The highest BCUT2D eigenvalue weighted by atomic mass is 19.4. The number of hydrogen-bond donors (Lipinski definition) is 1. The first-order valence-corrected chi connectivity index (χ1v) is 5.48. The Morgan fingerprint density at radius 1 is 1.21 bits per heavy atom. The van der Waals surface area contributed by atoms with Crippen molar-refractivity contribution in [3.63, 3.8) is 0 Å². The average molecular weight is 269 g/mol. The van der Waals surface area contributed by atoms with E-state index in [0.29, 0.717) is 11.3 Å². The SMILES string of the molecule is OCCc1nncc(-c2cccc(C(F)(F)F)c2)n1. The molecule has 0 aliphatic carbocycles. The minimum Gasteiger partial charge on any atom is -0.396 e. The first kappa shape index (κ1) is 13.4. The van der Waals surface area contributed by atoms with Crippen LogP contribution in [0.1, 0.15) is 11.4 Å². The molecule has 100 valence electrons. The van der Waals surface area contributed by atoms with Gasteiger partial charge in [-0.2, -0.15) is 18.3 Å². The van der Waals surface area contributed by atoms with Crippen LogP contribution in [0.25, 0.3) is 11.3 Å². The van der Waals surface area contributed by atoms with Crippen molar-refractivity contribution in [2.75, 3.05) is 6.61 Å². The topological polar surface area (TPSA) is 58.9 Å². The van der Waals surface area contributed by atoms with Gasteiger partial charge in [-0.3, -0.25) is 0 Å². The van der Waals surface area contributed by atoms with Crippen molar-refractivity contribution in [2.45, 2.75) is 12.6 Å². The van der Waals surface area contributed by atoms with Gasteiger partial charge in [-0.1, -0.05) is 12.1 Å². The molecule has 1 aromatic carbocycles. The van der Waals surface area contributed by atoms with E-state index in [1.807, 2.05) is 0 Å². The zero-order valence-electron chi connectivity index (χ0n) is 9.72. The van der Waals surface area contributed by atoms with E-state index in [0.717, 1.165) is 12.1 Å². The van der Waals surface area contributed by atoms with Gasteiger partial charge in [-0.15, -0.1) is 5.10 Å². The molecular weight excluding hydrogens is 259 g/mol. The van der Waals surface area contributed by atoms with Crippen LogP contribution in [0.2, 0.25) is 0 Å². The van der Waals surface area contributed by atoms with E-state index in [4.69, 9.17) is 5.11 Å². The number of aliphatic hydroxyl groups excluding tert-OH is 1. The number of halogens is 3. The normalized spacial score (nSPS) is 11.6. The van der Waals surface area contributed by atoms with Gasteiger partial charge in [0.15, 0.2) is 5.82 Å². The van der Waals surface area contributed by atoms with Crippen molar-refractivity contribution in [3.8, 4) is 11.3 Å². The highest BCUT2D eigenvalue weighted by Gasteiger charge is 2.30. The molecule has 1 N–H and O–H groups in total. The summed E-state index contributed by atoms with van der Waals surface area (Å²) in [5, 5.41) is 16.1. The summed E-state index contributed by atoms with van der Waals surface area (Å²) in [6.45, 7) is -0.145. The third kappa shape index (κ3) is 3.25. The number of aliphatic hydroxyl groups is 1. The van der Waals surface area contributed by atoms with Crippen LogP contribution < -0.4 is 0 Å². The van der Waals surface area contributed by atoms with Crippen LogP contribution >= 0.6 is 0 Å². The Hall–Kier alpha value is -2.02. The van der Waals surface area contributed by atoms with Gasteiger partial charge in [-0.25, -0.2) is 4.98 Å². The molecule has 0 unspecified atom stereocenters. The molecule has 0 saturated heterocycles. The van der Waals surface area contributed by atoms with E-state index in [1.165, 1.54) is 18.3 Å². The third-order valence-electron chi connectivity index (χ3n) is 2.42. The fraction of sp³-hybridized carbons (Fsp3) is 0.250. The predicted octanol–water partition coefficient (Wildman–Crippen LogP) is 2.09. The van der Waals surface area contributed by atoms with Crippen LogP contribution in [0.5, 0.6) is 0 Å². The fourth-order valence-electron chi connectivity index (χ4n) is 1.54. The van der Waals surface area contributed by atoms with E-state index >= 15 is 0 Å². The molecule has 1 aromatic heterocycles. The molecule has 7 heteroatoms. The van der Waals surface area contributed by atoms with E-state index in [2.05, 4.69) is 15.2 Å². The second-order valence-corrected chi connectivity index (χ2v) is 3.81. The van der Waals surface area contributed by atoms with Gasteiger partial charge in [0.1, 0.15) is 0 Å². The maximum Gasteiger partial charge on any atom is 0.416 e. The number of rotatable bonds is 3. The fourth-order valence-corrected chi connectivity index (χ4v) is 1.54. The van der Waals surface area contributed by atoms with Gasteiger partial charge in [0.2, 0.25) is 0 Å². The third-order valence-corrected chi connectivity index (χ3v) is 2.42. The first-order chi connectivity index (χ1) is 9.00. The Morgan fingerprint density at radius 3 is 2.68 bits per heavy atom. The minimum atomic E-state index is -4.40. The zero-order chi connectivity index (χ0) is 13.9. The predicted molar refractivity (Wildman–Crippen MR) is 61.1 cm³/mol. The van der Waals surface area contributed by atoms with Crippen molar-refractivity contribution < 1.29 is 18.3 Å². The van der Waals surface area contributed by atoms with Crippen LogP contribution in [-0.2, 0) is 12.6 Å². The second kappa shape index (κ2) is 5.31. The molecule has 0 radical (unpaired) electrons. The molecule has 0 atom stereocenters. The first-order valence-electron chi connectivity index (χ1n) is 5.48. The van der Waals surface area contributed by atoms with Crippen LogP contribution in [0, 0.1) is 0 Å². The smallest absolute Gasteiger partial charge is 0.396 e. The van der Waals surface area contributed by atoms with Gasteiger partial charge < -0.3 is 5.11 Å². The lowest BCUT2D eigenvalue weighted by molar-refractivity contribution is -0.137. The highest BCUT2D eigenvalue weighted by molar-refractivity contribution is 5.59. The summed E-state index contributed by atoms with van der Waals surface area (Å²) in [6, 6.07) is 4.83. The maximum atomic E-state index is 12.6. The summed E-state index contributed by atoms with van der Waals surface area (Å²) >= 11 is 0. The number of alkyl halides is 3. The Balaban J connectivity index is 2.39. The molecule has 0 bridgehead atoms. The summed E-state index contributed by atoms with van der Waals surface area (Å²) in [4.78, 5) is 4.05. The Bertz CT molecular complexity index is 572. The largest absolute Gasteiger partial charge is 0.416 e. The summed E-state index contributed by atoms with van der Waals surface area (Å²) < 4.78 is 37.8. The van der Waals surface area contributed by atoms with Gasteiger partial charge in [-0.05, 0) is 12.1 Å². The molecule has 0 aliphatic heterocycles. The quantitative estimate of drug-likeness (QED) is 0.927. The van der Waals surface area contributed by atoms with Crippen molar-refractivity contribution in [1.82, 2.24) is 15.2 Å². The lowest BCUT2D eigenvalue weighted by atomic mass is 10.1. The minimum absolute atomic E-state index is 0.145. The highest BCUT2D eigenvalue weighted by Crippen LogP contribution is 2.31. The molecule has 0 aliphatic rings. The van der Waals surface area contributed by atoms with Crippen LogP contribution in [0.15, 0.2) is 30.5 Å². The van der Waals surface area contributed by atoms with Gasteiger partial charge >= 0.3 is 6.18 Å². The second-order valence-electron chi connectivity index (χ2n) is 3.81. The number of aromatic nitrogens is 3. The monoisotopic (exact) mass is 269 g/mol. The zero-order valence-corrected chi connectivity index (χ0v) is 9.72. The summed E-state index contributed by atoms with van der Waals surface area (Å²) in [6.07, 6.45) is -2.90. The number of benzene rings is 1. The van der Waals surface area contributed by atoms with Crippen molar-refractivity contribution in [2.24, 2.45) is 0 Å². The van der Waals surface area contributed by atoms with Gasteiger partial charge in [0.05, 0.1) is 24.1 Å². The molecule has 4 nitrogen and oxygen atoms in total. The van der Waals surface area contributed by atoms with Crippen molar-refractivity contribution in [1.29, 1.82) is 0 Å². The van der Waals surface area contributed by atoms with E-state index < -0.39 is 11.7 Å². The summed E-state index contributed by atoms with van der Waals surface area (Å²) in [5.74, 6) is 0.289. The van der Waals surface area contributed by atoms with E-state index in [-0.39, 0.29) is 18.9 Å². The number of nitrogens with zero attached hydrogens (tertiary/aromatic N) is 3. The standard InChI is InChI=1S/C12H10F3N3O/c13-12(14,15)9-3-1-2-8(6-9)10-7-16-18-11(17-10)4-5-19/h1-3,6-7,19H,4-5H2. The molecule has 2 rings (SSSR count). The Kier molecular flexibility index (Phi) is 3.75. The van der Waals surface area contributed by atoms with Crippen LogP contribution in [-0.4, -0.2) is 26.9 Å². The molecule has 2 aromatic rings. The number of hydrogen-bond acceptors (Lipinski definition) is 4. The molecule has 19 heavy (non-hydrogen) atoms. The van der Waals surface area contributed by atoms with Crippen LogP contribution in [0.3, 0.4) is 0 Å². The molecule has 0 spiro atoms. The van der Waals surface area contributed by atoms with E-state index in [9.17, 15) is 13.2 Å². The van der Waals surface area contributed by atoms with E-state index in [1.54, 1.807) is 0 Å². The average Bonchev–Trinajstić information content (AvgIpc) is 2.39. The summed E-state index contributed by atoms with van der Waals surface area (Å²) in [5.41, 5.74) is -0.138. The van der Waals surface area contributed by atoms with Gasteiger partial charge in [0.25, 0.3) is 0 Å². The van der Waals surface area contributed by atoms with Crippen molar-refractivity contribution >= 4 is 0 Å². The lowest BCUT2D eigenvalue weighted by Crippen LogP contribution is -2.05. The summed E-state index contributed by atoms with van der Waals surface area (Å²) in [7, 11) is 0. The van der Waals surface area contributed by atoms with Crippen molar-refractivity contribution in [3.05, 3.63) is 41.9 Å². The molecular formula is C12H10F3N3O. The molecule has 1 heterocycles. The molecule has 0 amide bonds. The molecule has 0 saturated carbocycles. The lowest BCUT2D eigenvalue weighted by Gasteiger charge is -2.08. The Morgan fingerprint density at radius 2 is 2.00 bits per heavy atom. The van der Waals surface area contributed by atoms with Crippen LogP contribution in [0.4, 0.5) is 13.2 Å².